The first-order chi connectivity index (χ1) is 8.13. The van der Waals surface area contributed by atoms with E-state index in [2.05, 4.69) is 46.9 Å². The molecular formula is C13H24N4. The molecule has 2 rings (SSSR count). The van der Waals surface area contributed by atoms with Gasteiger partial charge in [-0.25, -0.2) is 4.98 Å². The van der Waals surface area contributed by atoms with Crippen LogP contribution in [0.1, 0.15) is 25.6 Å². The number of nitrogens with zero attached hydrogens (tertiary/aromatic N) is 3. The van der Waals surface area contributed by atoms with Gasteiger partial charge < -0.3 is 14.8 Å². The van der Waals surface area contributed by atoms with Crippen molar-refractivity contribution < 1.29 is 0 Å². The summed E-state index contributed by atoms with van der Waals surface area (Å²) in [5, 5.41) is 3.44. The Balaban J connectivity index is 1.77. The Bertz CT molecular complexity index is 350. The highest BCUT2D eigenvalue weighted by Crippen LogP contribution is 2.20. The molecule has 0 saturated carbocycles. The van der Waals surface area contributed by atoms with Crippen molar-refractivity contribution in [1.82, 2.24) is 19.8 Å². The van der Waals surface area contributed by atoms with Crippen molar-refractivity contribution in [3.05, 3.63) is 18.2 Å². The van der Waals surface area contributed by atoms with Gasteiger partial charge in [-0.15, -0.1) is 0 Å². The average Bonchev–Trinajstić information content (AvgIpc) is 2.74. The van der Waals surface area contributed by atoms with Crippen LogP contribution in [-0.2, 0) is 6.54 Å². The molecule has 4 nitrogen and oxygen atoms in total. The molecule has 0 aromatic carbocycles. The molecule has 0 amide bonds. The maximum Gasteiger partial charge on any atom is 0.105 e. The zero-order valence-electron chi connectivity index (χ0n) is 11.2. The minimum absolute atomic E-state index is 0.349. The van der Waals surface area contributed by atoms with Gasteiger partial charge in [0.15, 0.2) is 0 Å². The molecule has 1 aliphatic rings. The third-order valence-electron chi connectivity index (χ3n) is 4.14. The van der Waals surface area contributed by atoms with Crippen LogP contribution in [0.2, 0.25) is 0 Å². The predicted octanol–water partition coefficient (Wildman–Crippen LogP) is 1.27. The van der Waals surface area contributed by atoms with E-state index in [1.54, 1.807) is 0 Å². The molecule has 0 atom stereocenters. The lowest BCUT2D eigenvalue weighted by molar-refractivity contribution is 0.148. The number of likely N-dealkylation sites (tertiary alicyclic amines) is 1. The zero-order chi connectivity index (χ0) is 12.3. The van der Waals surface area contributed by atoms with Gasteiger partial charge in [-0.2, -0.15) is 0 Å². The fraction of sp³-hybridized carbons (Fsp3) is 0.769. The minimum atomic E-state index is 0.349. The van der Waals surface area contributed by atoms with Gasteiger partial charge in [-0.1, -0.05) is 0 Å². The molecule has 1 aliphatic heterocycles. The second-order valence-electron chi connectivity index (χ2n) is 5.32. The Kier molecular flexibility index (Phi) is 3.84. The second-order valence-corrected chi connectivity index (χ2v) is 5.32. The van der Waals surface area contributed by atoms with Gasteiger partial charge in [0.1, 0.15) is 5.82 Å². The third-order valence-corrected chi connectivity index (χ3v) is 4.14. The first-order valence-electron chi connectivity index (χ1n) is 6.52. The molecule has 1 saturated heterocycles. The van der Waals surface area contributed by atoms with Gasteiger partial charge >= 0.3 is 0 Å². The van der Waals surface area contributed by atoms with Gasteiger partial charge in [0.25, 0.3) is 0 Å². The van der Waals surface area contributed by atoms with Crippen LogP contribution in [0.15, 0.2) is 12.4 Å². The average molecular weight is 236 g/mol. The SMILES string of the molecule is CNC1(C)CCN(CCn2ccnc2C)CC1. The second kappa shape index (κ2) is 5.19. The summed E-state index contributed by atoms with van der Waals surface area (Å²) < 4.78 is 2.23. The lowest BCUT2D eigenvalue weighted by Crippen LogP contribution is -2.50. The van der Waals surface area contributed by atoms with Crippen molar-refractivity contribution in [1.29, 1.82) is 0 Å². The van der Waals surface area contributed by atoms with E-state index in [-0.39, 0.29) is 0 Å². The Labute approximate surface area is 104 Å². The summed E-state index contributed by atoms with van der Waals surface area (Å²) in [5.74, 6) is 1.11. The standard InChI is InChI=1S/C13H24N4/c1-12-15-6-9-17(12)11-10-16-7-4-13(2,14-3)5-8-16/h6,9,14H,4-5,7-8,10-11H2,1-3H3. The smallest absolute Gasteiger partial charge is 0.105 e. The van der Waals surface area contributed by atoms with Crippen LogP contribution >= 0.6 is 0 Å². The van der Waals surface area contributed by atoms with Gasteiger partial charge in [-0.3, -0.25) is 0 Å². The van der Waals surface area contributed by atoms with Crippen LogP contribution in [0.4, 0.5) is 0 Å². The van der Waals surface area contributed by atoms with Crippen LogP contribution in [0, 0.1) is 6.92 Å². The highest BCUT2D eigenvalue weighted by molar-refractivity contribution is 4.90. The Morgan fingerprint density at radius 1 is 1.35 bits per heavy atom. The summed E-state index contributed by atoms with van der Waals surface area (Å²) in [6, 6.07) is 0. The largest absolute Gasteiger partial charge is 0.334 e. The number of imidazole rings is 1. The van der Waals surface area contributed by atoms with Crippen molar-refractivity contribution in [3.8, 4) is 0 Å². The molecule has 1 aromatic heterocycles. The number of aromatic nitrogens is 2. The predicted molar refractivity (Wildman–Crippen MR) is 70.1 cm³/mol. The molecule has 17 heavy (non-hydrogen) atoms. The fourth-order valence-corrected chi connectivity index (χ4v) is 2.41. The first kappa shape index (κ1) is 12.6. The van der Waals surface area contributed by atoms with Crippen LogP contribution in [0.5, 0.6) is 0 Å². The van der Waals surface area contributed by atoms with Gasteiger partial charge in [-0.05, 0) is 46.8 Å². The summed E-state index contributed by atoms with van der Waals surface area (Å²) in [4.78, 5) is 6.81. The minimum Gasteiger partial charge on any atom is -0.334 e. The Morgan fingerprint density at radius 2 is 2.06 bits per heavy atom. The summed E-state index contributed by atoms with van der Waals surface area (Å²) >= 11 is 0. The Morgan fingerprint density at radius 3 is 2.59 bits per heavy atom. The Hall–Kier alpha value is -0.870. The molecule has 1 fully saturated rings. The molecule has 0 spiro atoms. The third kappa shape index (κ3) is 3.07. The maximum atomic E-state index is 4.25. The molecule has 0 radical (unpaired) electrons. The number of nitrogens with one attached hydrogen (secondary N) is 1. The number of aryl methyl sites for hydroxylation is 1. The molecule has 1 N–H and O–H groups in total. The normalized spacial score (nSPS) is 20.6. The van der Waals surface area contributed by atoms with E-state index in [0.717, 1.165) is 18.9 Å². The molecular weight excluding hydrogens is 212 g/mol. The van der Waals surface area contributed by atoms with Crippen molar-refractivity contribution in [3.63, 3.8) is 0 Å². The van der Waals surface area contributed by atoms with Crippen LogP contribution in [0.3, 0.4) is 0 Å². The van der Waals surface area contributed by atoms with Gasteiger partial charge in [0.2, 0.25) is 0 Å². The zero-order valence-corrected chi connectivity index (χ0v) is 11.2. The maximum absolute atomic E-state index is 4.25. The lowest BCUT2D eigenvalue weighted by atomic mass is 9.90. The molecule has 4 heteroatoms. The van der Waals surface area contributed by atoms with Gasteiger partial charge in [0, 0.05) is 31.0 Å². The van der Waals surface area contributed by atoms with E-state index < -0.39 is 0 Å². The van der Waals surface area contributed by atoms with E-state index in [1.165, 1.54) is 25.9 Å². The lowest BCUT2D eigenvalue weighted by Gasteiger charge is -2.39. The van der Waals surface area contributed by atoms with Crippen LogP contribution in [-0.4, -0.2) is 46.7 Å². The van der Waals surface area contributed by atoms with Gasteiger partial charge in [0.05, 0.1) is 0 Å². The van der Waals surface area contributed by atoms with E-state index in [1.807, 2.05) is 6.20 Å². The molecule has 2 heterocycles. The van der Waals surface area contributed by atoms with Crippen molar-refractivity contribution in [2.45, 2.75) is 38.8 Å². The van der Waals surface area contributed by atoms with E-state index in [0.29, 0.717) is 5.54 Å². The summed E-state index contributed by atoms with van der Waals surface area (Å²) in [6.45, 7) is 8.98. The fourth-order valence-electron chi connectivity index (χ4n) is 2.41. The first-order valence-corrected chi connectivity index (χ1v) is 6.52. The summed E-state index contributed by atoms with van der Waals surface area (Å²) in [6.07, 6.45) is 6.43. The number of rotatable bonds is 4. The highest BCUT2D eigenvalue weighted by Gasteiger charge is 2.27. The van der Waals surface area contributed by atoms with Crippen molar-refractivity contribution >= 4 is 0 Å². The van der Waals surface area contributed by atoms with Crippen molar-refractivity contribution in [2.75, 3.05) is 26.7 Å². The quantitative estimate of drug-likeness (QED) is 0.854. The van der Waals surface area contributed by atoms with Crippen LogP contribution in [0.25, 0.3) is 0 Å². The molecule has 0 bridgehead atoms. The topological polar surface area (TPSA) is 33.1 Å². The van der Waals surface area contributed by atoms with Crippen molar-refractivity contribution in [2.24, 2.45) is 0 Å². The summed E-state index contributed by atoms with van der Waals surface area (Å²) in [5.41, 5.74) is 0.349. The van der Waals surface area contributed by atoms with E-state index in [9.17, 15) is 0 Å². The van der Waals surface area contributed by atoms with E-state index >= 15 is 0 Å². The number of hydrogen-bond acceptors (Lipinski definition) is 3. The molecule has 96 valence electrons. The van der Waals surface area contributed by atoms with E-state index in [4.69, 9.17) is 0 Å². The molecule has 0 aliphatic carbocycles. The monoisotopic (exact) mass is 236 g/mol. The summed E-state index contributed by atoms with van der Waals surface area (Å²) in [7, 11) is 2.07. The number of piperidine rings is 1. The molecule has 0 unspecified atom stereocenters. The van der Waals surface area contributed by atoms with Crippen LogP contribution < -0.4 is 5.32 Å². The number of hydrogen-bond donors (Lipinski definition) is 1. The molecule has 1 aromatic rings. The highest BCUT2D eigenvalue weighted by atomic mass is 15.2.